The number of hydrogen-bond acceptors (Lipinski definition) is 4. The zero-order valence-corrected chi connectivity index (χ0v) is 20.3. The van der Waals surface area contributed by atoms with Gasteiger partial charge in [0, 0.05) is 32.2 Å². The van der Waals surface area contributed by atoms with E-state index in [-0.39, 0.29) is 30.1 Å². The molecule has 2 N–H and O–H groups in total. The number of aryl methyl sites for hydroxylation is 1. The van der Waals surface area contributed by atoms with Crippen LogP contribution in [0.3, 0.4) is 0 Å². The maximum atomic E-state index is 5.98. The summed E-state index contributed by atoms with van der Waals surface area (Å²) in [4.78, 5) is 4.32. The van der Waals surface area contributed by atoms with Crippen LogP contribution in [0, 0.1) is 6.92 Å². The fourth-order valence-corrected chi connectivity index (χ4v) is 3.27. The molecule has 3 rings (SSSR count). The lowest BCUT2D eigenvalue weighted by molar-refractivity contribution is 0.110. The van der Waals surface area contributed by atoms with Crippen LogP contribution in [0.25, 0.3) is 0 Å². The first-order chi connectivity index (χ1) is 14.2. The number of hydrogen-bond donors (Lipinski definition) is 2. The third-order valence-electron chi connectivity index (χ3n) is 4.79. The molecule has 2 aromatic rings. The fourth-order valence-electron chi connectivity index (χ4n) is 3.27. The molecule has 1 heterocycles. The number of halogens is 1. The lowest BCUT2D eigenvalue weighted by atomic mass is 10.1. The lowest BCUT2D eigenvalue weighted by Crippen LogP contribution is -2.42. The molecule has 30 heavy (non-hydrogen) atoms. The highest BCUT2D eigenvalue weighted by Gasteiger charge is 2.22. The monoisotopic (exact) mass is 525 g/mol. The molecular weight excluding hydrogens is 493 g/mol. The summed E-state index contributed by atoms with van der Waals surface area (Å²) in [5, 5.41) is 6.72. The second-order valence-corrected chi connectivity index (χ2v) is 7.01. The molecule has 2 aromatic carbocycles. The van der Waals surface area contributed by atoms with E-state index in [2.05, 4.69) is 46.8 Å². The number of fused-ring (bicyclic) bond motifs is 1. The van der Waals surface area contributed by atoms with Crippen molar-refractivity contribution in [2.45, 2.75) is 32.9 Å². The SMILES string of the molecule is CCOCCOc1cc(C)ccc1CNC(=NC)NCC1Cc2ccccc2O1.I. The van der Waals surface area contributed by atoms with Gasteiger partial charge in [-0.25, -0.2) is 0 Å². The second kappa shape index (κ2) is 12.6. The van der Waals surface area contributed by atoms with Crippen LogP contribution in [-0.2, 0) is 17.7 Å². The van der Waals surface area contributed by atoms with Crippen molar-refractivity contribution in [3.63, 3.8) is 0 Å². The Morgan fingerprint density at radius 1 is 1.17 bits per heavy atom. The average Bonchev–Trinajstić information content (AvgIpc) is 3.15. The summed E-state index contributed by atoms with van der Waals surface area (Å²) in [5.41, 5.74) is 3.51. The Hall–Kier alpha value is -2.00. The second-order valence-electron chi connectivity index (χ2n) is 7.01. The van der Waals surface area contributed by atoms with Crippen LogP contribution in [0.15, 0.2) is 47.5 Å². The van der Waals surface area contributed by atoms with Gasteiger partial charge in [0.15, 0.2) is 5.96 Å². The molecule has 0 saturated heterocycles. The number of benzene rings is 2. The van der Waals surface area contributed by atoms with Gasteiger partial charge in [-0.05, 0) is 37.1 Å². The van der Waals surface area contributed by atoms with Gasteiger partial charge in [-0.15, -0.1) is 24.0 Å². The topological polar surface area (TPSA) is 64.1 Å². The molecule has 0 radical (unpaired) electrons. The molecular formula is C23H32IN3O3. The van der Waals surface area contributed by atoms with Crippen LogP contribution in [0.2, 0.25) is 0 Å². The van der Waals surface area contributed by atoms with E-state index in [0.29, 0.717) is 32.9 Å². The van der Waals surface area contributed by atoms with E-state index in [9.17, 15) is 0 Å². The van der Waals surface area contributed by atoms with Crippen LogP contribution in [-0.4, -0.2) is 45.5 Å². The number of rotatable bonds is 9. The van der Waals surface area contributed by atoms with Crippen molar-refractivity contribution in [1.29, 1.82) is 0 Å². The molecule has 0 aliphatic carbocycles. The molecule has 0 bridgehead atoms. The largest absolute Gasteiger partial charge is 0.491 e. The van der Waals surface area contributed by atoms with Crippen molar-refractivity contribution < 1.29 is 14.2 Å². The number of guanidine groups is 1. The molecule has 0 fully saturated rings. The molecule has 0 amide bonds. The van der Waals surface area contributed by atoms with E-state index >= 15 is 0 Å². The number of aliphatic imine (C=N–C) groups is 1. The van der Waals surface area contributed by atoms with Gasteiger partial charge in [-0.2, -0.15) is 0 Å². The molecule has 6 nitrogen and oxygen atoms in total. The lowest BCUT2D eigenvalue weighted by Gasteiger charge is -2.17. The molecule has 0 spiro atoms. The average molecular weight is 525 g/mol. The Kier molecular flexibility index (Phi) is 10.2. The highest BCUT2D eigenvalue weighted by molar-refractivity contribution is 14.0. The summed E-state index contributed by atoms with van der Waals surface area (Å²) in [6.07, 6.45) is 1.03. The Morgan fingerprint density at radius 2 is 2.00 bits per heavy atom. The number of ether oxygens (including phenoxy) is 3. The molecule has 0 saturated carbocycles. The molecule has 1 aliphatic heterocycles. The van der Waals surface area contributed by atoms with Crippen molar-refractivity contribution in [2.75, 3.05) is 33.4 Å². The highest BCUT2D eigenvalue weighted by Crippen LogP contribution is 2.27. The summed E-state index contributed by atoms with van der Waals surface area (Å²) in [5.74, 6) is 2.60. The van der Waals surface area contributed by atoms with E-state index in [1.807, 2.05) is 25.1 Å². The van der Waals surface area contributed by atoms with E-state index in [1.54, 1.807) is 7.05 Å². The minimum atomic E-state index is 0. The number of nitrogens with one attached hydrogen (secondary N) is 2. The number of nitrogens with zero attached hydrogens (tertiary/aromatic N) is 1. The smallest absolute Gasteiger partial charge is 0.191 e. The van der Waals surface area contributed by atoms with Gasteiger partial charge in [-0.3, -0.25) is 4.99 Å². The zero-order chi connectivity index (χ0) is 20.5. The highest BCUT2D eigenvalue weighted by atomic mass is 127. The van der Waals surface area contributed by atoms with Crippen molar-refractivity contribution >= 4 is 29.9 Å². The fraction of sp³-hybridized carbons (Fsp3) is 0.435. The van der Waals surface area contributed by atoms with Gasteiger partial charge >= 0.3 is 0 Å². The summed E-state index contributed by atoms with van der Waals surface area (Å²) in [6.45, 7) is 7.18. The van der Waals surface area contributed by atoms with Gasteiger partial charge in [0.05, 0.1) is 13.2 Å². The first-order valence-corrected chi connectivity index (χ1v) is 10.2. The molecule has 7 heteroatoms. The third-order valence-corrected chi connectivity index (χ3v) is 4.79. The Labute approximate surface area is 196 Å². The minimum Gasteiger partial charge on any atom is -0.491 e. The Morgan fingerprint density at radius 3 is 2.77 bits per heavy atom. The van der Waals surface area contributed by atoms with Crippen LogP contribution in [0.5, 0.6) is 11.5 Å². The van der Waals surface area contributed by atoms with Crippen LogP contribution in [0.4, 0.5) is 0 Å². The standard InChI is InChI=1S/C23H31N3O3.HI/c1-4-27-11-12-28-22-13-17(2)9-10-19(22)15-25-23(24-3)26-16-20-14-18-7-5-6-8-21(18)29-20;/h5-10,13,20H,4,11-12,14-16H2,1-3H3,(H2,24,25,26);1H. The van der Waals surface area contributed by atoms with Gasteiger partial charge in [0.2, 0.25) is 0 Å². The normalized spacial score (nSPS) is 15.0. The molecule has 1 aliphatic rings. The molecule has 164 valence electrons. The van der Waals surface area contributed by atoms with Gasteiger partial charge < -0.3 is 24.8 Å². The first kappa shape index (κ1) is 24.3. The van der Waals surface area contributed by atoms with Crippen molar-refractivity contribution in [1.82, 2.24) is 10.6 Å². The minimum absolute atomic E-state index is 0. The summed E-state index contributed by atoms with van der Waals surface area (Å²) < 4.78 is 17.3. The van der Waals surface area contributed by atoms with Gasteiger partial charge in [0.25, 0.3) is 0 Å². The summed E-state index contributed by atoms with van der Waals surface area (Å²) >= 11 is 0. The molecule has 0 aromatic heterocycles. The summed E-state index contributed by atoms with van der Waals surface area (Å²) in [7, 11) is 1.77. The van der Waals surface area contributed by atoms with Crippen LogP contribution >= 0.6 is 24.0 Å². The molecule has 1 atom stereocenters. The first-order valence-electron chi connectivity index (χ1n) is 10.2. The quantitative estimate of drug-likeness (QED) is 0.226. The number of para-hydroxylation sites is 1. The van der Waals surface area contributed by atoms with E-state index in [1.165, 1.54) is 11.1 Å². The van der Waals surface area contributed by atoms with Crippen molar-refractivity contribution in [2.24, 2.45) is 4.99 Å². The Bertz CT molecular complexity index is 804. The van der Waals surface area contributed by atoms with Crippen LogP contribution in [0.1, 0.15) is 23.6 Å². The van der Waals surface area contributed by atoms with Gasteiger partial charge in [0.1, 0.15) is 24.2 Å². The maximum absolute atomic E-state index is 5.98. The van der Waals surface area contributed by atoms with E-state index < -0.39 is 0 Å². The van der Waals surface area contributed by atoms with Gasteiger partial charge in [-0.1, -0.05) is 30.3 Å². The Balaban J connectivity index is 0.00000320. The predicted molar refractivity (Wildman–Crippen MR) is 131 cm³/mol. The van der Waals surface area contributed by atoms with Crippen molar-refractivity contribution in [3.8, 4) is 11.5 Å². The summed E-state index contributed by atoms with van der Waals surface area (Å²) in [6, 6.07) is 14.4. The van der Waals surface area contributed by atoms with Crippen LogP contribution < -0.4 is 20.1 Å². The zero-order valence-electron chi connectivity index (χ0n) is 17.9. The third kappa shape index (κ3) is 7.05. The van der Waals surface area contributed by atoms with Crippen molar-refractivity contribution in [3.05, 3.63) is 59.2 Å². The van der Waals surface area contributed by atoms with E-state index in [0.717, 1.165) is 29.4 Å². The maximum Gasteiger partial charge on any atom is 0.191 e. The predicted octanol–water partition coefficient (Wildman–Crippen LogP) is 3.70. The molecule has 1 unspecified atom stereocenters. The van der Waals surface area contributed by atoms with E-state index in [4.69, 9.17) is 14.2 Å².